The van der Waals surface area contributed by atoms with Gasteiger partial charge in [-0.25, -0.2) is 8.42 Å². The number of fused-ring (bicyclic) bond motifs is 1. The first-order chi connectivity index (χ1) is 9.53. The lowest BCUT2D eigenvalue weighted by Crippen LogP contribution is -2.32. The van der Waals surface area contributed by atoms with Crippen LogP contribution >= 0.6 is 0 Å². The Morgan fingerprint density at radius 2 is 2.25 bits per heavy atom. The van der Waals surface area contributed by atoms with Gasteiger partial charge in [-0.2, -0.15) is 0 Å². The highest BCUT2D eigenvalue weighted by Crippen LogP contribution is 2.24. The summed E-state index contributed by atoms with van der Waals surface area (Å²) in [7, 11) is -0.768. The summed E-state index contributed by atoms with van der Waals surface area (Å²) in [5.41, 5.74) is 3.92. The first kappa shape index (κ1) is 13.9. The summed E-state index contributed by atoms with van der Waals surface area (Å²) < 4.78 is 23.1. The number of nitrogens with zero attached hydrogens (tertiary/aromatic N) is 1. The molecule has 1 fully saturated rings. The van der Waals surface area contributed by atoms with E-state index >= 15 is 0 Å². The van der Waals surface area contributed by atoms with Gasteiger partial charge in [-0.1, -0.05) is 12.1 Å². The smallest absolute Gasteiger partial charge is 0.151 e. The summed E-state index contributed by atoms with van der Waals surface area (Å²) in [6.07, 6.45) is 3.09. The molecule has 4 nitrogen and oxygen atoms in total. The molecule has 110 valence electrons. The van der Waals surface area contributed by atoms with Gasteiger partial charge in [0, 0.05) is 24.8 Å². The summed E-state index contributed by atoms with van der Waals surface area (Å²) >= 11 is 0. The molecule has 0 saturated carbocycles. The van der Waals surface area contributed by atoms with Crippen LogP contribution in [0.25, 0.3) is 0 Å². The lowest BCUT2D eigenvalue weighted by atomic mass is 10.0. The standard InChI is InChI=1S/C15H22N2O2S/c1-17(14-6-8-20(18,19)11-14)10-12-4-5-15-13(9-12)3-2-7-16-15/h4-5,9,14,16H,2-3,6-8,10-11H2,1H3. The molecular formula is C15H22N2O2S. The van der Waals surface area contributed by atoms with Gasteiger partial charge in [0.05, 0.1) is 11.5 Å². The highest BCUT2D eigenvalue weighted by atomic mass is 32.2. The molecular weight excluding hydrogens is 272 g/mol. The largest absolute Gasteiger partial charge is 0.385 e. The van der Waals surface area contributed by atoms with Crippen molar-refractivity contribution in [2.75, 3.05) is 30.4 Å². The van der Waals surface area contributed by atoms with Crippen LogP contribution in [0, 0.1) is 0 Å². The van der Waals surface area contributed by atoms with Crippen LogP contribution in [0.3, 0.4) is 0 Å². The van der Waals surface area contributed by atoms with Crippen molar-refractivity contribution in [3.63, 3.8) is 0 Å². The highest BCUT2D eigenvalue weighted by molar-refractivity contribution is 7.91. The average molecular weight is 294 g/mol. The fourth-order valence-electron chi connectivity index (χ4n) is 3.17. The minimum atomic E-state index is -2.80. The van der Waals surface area contributed by atoms with Crippen molar-refractivity contribution in [1.29, 1.82) is 0 Å². The zero-order valence-corrected chi connectivity index (χ0v) is 12.7. The molecule has 1 atom stereocenters. The molecule has 0 bridgehead atoms. The third-order valence-electron chi connectivity index (χ3n) is 4.37. The number of aryl methyl sites for hydroxylation is 1. The van der Waals surface area contributed by atoms with Crippen molar-refractivity contribution in [2.24, 2.45) is 0 Å². The minimum absolute atomic E-state index is 0.175. The maximum atomic E-state index is 11.6. The Labute approximate surface area is 121 Å². The Balaban J connectivity index is 1.68. The molecule has 0 aliphatic carbocycles. The third-order valence-corrected chi connectivity index (χ3v) is 6.12. The van der Waals surface area contributed by atoms with Crippen LogP contribution in [0.5, 0.6) is 0 Å². The van der Waals surface area contributed by atoms with Crippen molar-refractivity contribution < 1.29 is 8.42 Å². The fourth-order valence-corrected chi connectivity index (χ4v) is 4.97. The zero-order chi connectivity index (χ0) is 14.2. The van der Waals surface area contributed by atoms with Gasteiger partial charge < -0.3 is 5.32 Å². The maximum absolute atomic E-state index is 11.6. The van der Waals surface area contributed by atoms with Gasteiger partial charge in [0.2, 0.25) is 0 Å². The molecule has 5 heteroatoms. The summed E-state index contributed by atoms with van der Waals surface area (Å²) in [6, 6.07) is 6.75. The van der Waals surface area contributed by atoms with Gasteiger partial charge in [0.25, 0.3) is 0 Å². The molecule has 0 aromatic heterocycles. The molecule has 2 aliphatic heterocycles. The lowest BCUT2D eigenvalue weighted by molar-refractivity contribution is 0.254. The Hall–Kier alpha value is -1.07. The fraction of sp³-hybridized carbons (Fsp3) is 0.600. The van der Waals surface area contributed by atoms with E-state index in [9.17, 15) is 8.42 Å². The van der Waals surface area contributed by atoms with Gasteiger partial charge >= 0.3 is 0 Å². The van der Waals surface area contributed by atoms with Crippen molar-refractivity contribution in [1.82, 2.24) is 4.90 Å². The van der Waals surface area contributed by atoms with E-state index in [1.807, 2.05) is 7.05 Å². The number of hydrogen-bond acceptors (Lipinski definition) is 4. The van der Waals surface area contributed by atoms with Gasteiger partial charge in [-0.15, -0.1) is 0 Å². The van der Waals surface area contributed by atoms with Gasteiger partial charge in [0.1, 0.15) is 0 Å². The van der Waals surface area contributed by atoms with Gasteiger partial charge in [-0.05, 0) is 43.5 Å². The number of hydrogen-bond donors (Lipinski definition) is 1. The molecule has 1 saturated heterocycles. The molecule has 2 heterocycles. The lowest BCUT2D eigenvalue weighted by Gasteiger charge is -2.24. The first-order valence-electron chi connectivity index (χ1n) is 7.30. The van der Waals surface area contributed by atoms with Crippen molar-refractivity contribution >= 4 is 15.5 Å². The Morgan fingerprint density at radius 1 is 1.40 bits per heavy atom. The predicted molar refractivity (Wildman–Crippen MR) is 81.8 cm³/mol. The summed E-state index contributed by atoms with van der Waals surface area (Å²) in [5, 5.41) is 3.42. The molecule has 1 unspecified atom stereocenters. The third kappa shape index (κ3) is 2.99. The molecule has 1 aromatic carbocycles. The molecule has 0 spiro atoms. The van der Waals surface area contributed by atoms with E-state index in [0.717, 1.165) is 25.9 Å². The van der Waals surface area contributed by atoms with Crippen LogP contribution in [0.1, 0.15) is 24.0 Å². The second-order valence-electron chi connectivity index (χ2n) is 5.99. The van der Waals surface area contributed by atoms with Crippen LogP contribution in [-0.2, 0) is 22.8 Å². The van der Waals surface area contributed by atoms with E-state index in [0.29, 0.717) is 11.5 Å². The van der Waals surface area contributed by atoms with Gasteiger partial charge in [-0.3, -0.25) is 4.90 Å². The topological polar surface area (TPSA) is 49.4 Å². The van der Waals surface area contributed by atoms with Crippen LogP contribution in [0.15, 0.2) is 18.2 Å². The second-order valence-corrected chi connectivity index (χ2v) is 8.22. The SMILES string of the molecule is CN(Cc1ccc2c(c1)CCCN2)C1CCS(=O)(=O)C1. The van der Waals surface area contributed by atoms with Crippen LogP contribution in [-0.4, -0.2) is 44.5 Å². The van der Waals surface area contributed by atoms with Crippen molar-refractivity contribution in [2.45, 2.75) is 31.8 Å². The summed E-state index contributed by atoms with van der Waals surface area (Å²) in [4.78, 5) is 2.18. The van der Waals surface area contributed by atoms with Gasteiger partial charge in [0.15, 0.2) is 9.84 Å². The normalized spacial score (nSPS) is 24.4. The molecule has 0 radical (unpaired) electrons. The summed E-state index contributed by atoms with van der Waals surface area (Å²) in [5.74, 6) is 0.659. The Kier molecular flexibility index (Phi) is 3.73. The molecule has 1 aromatic rings. The molecule has 20 heavy (non-hydrogen) atoms. The van der Waals surface area contributed by atoms with Crippen LogP contribution in [0.2, 0.25) is 0 Å². The van der Waals surface area contributed by atoms with E-state index in [1.165, 1.54) is 23.2 Å². The second kappa shape index (κ2) is 5.37. The van der Waals surface area contributed by atoms with E-state index in [1.54, 1.807) is 0 Å². The number of benzene rings is 1. The van der Waals surface area contributed by atoms with Crippen LogP contribution < -0.4 is 5.32 Å². The number of nitrogens with one attached hydrogen (secondary N) is 1. The number of anilines is 1. The number of sulfone groups is 1. The average Bonchev–Trinajstić information content (AvgIpc) is 2.79. The predicted octanol–water partition coefficient (Wildman–Crippen LogP) is 1.66. The zero-order valence-electron chi connectivity index (χ0n) is 11.9. The van der Waals surface area contributed by atoms with E-state index in [-0.39, 0.29) is 6.04 Å². The van der Waals surface area contributed by atoms with E-state index in [2.05, 4.69) is 28.4 Å². The van der Waals surface area contributed by atoms with Crippen molar-refractivity contribution in [3.05, 3.63) is 29.3 Å². The Bertz CT molecular complexity index is 598. The quantitative estimate of drug-likeness (QED) is 0.921. The Morgan fingerprint density at radius 3 is 3.00 bits per heavy atom. The number of rotatable bonds is 3. The molecule has 0 amide bonds. The highest BCUT2D eigenvalue weighted by Gasteiger charge is 2.30. The first-order valence-corrected chi connectivity index (χ1v) is 9.12. The molecule has 1 N–H and O–H groups in total. The van der Waals surface area contributed by atoms with Crippen LogP contribution in [0.4, 0.5) is 5.69 Å². The monoisotopic (exact) mass is 294 g/mol. The molecule has 2 aliphatic rings. The summed E-state index contributed by atoms with van der Waals surface area (Å²) in [6.45, 7) is 1.89. The van der Waals surface area contributed by atoms with E-state index in [4.69, 9.17) is 0 Å². The van der Waals surface area contributed by atoms with E-state index < -0.39 is 9.84 Å². The maximum Gasteiger partial charge on any atom is 0.151 e. The van der Waals surface area contributed by atoms with Crippen molar-refractivity contribution in [3.8, 4) is 0 Å². The minimum Gasteiger partial charge on any atom is -0.385 e. The molecule has 3 rings (SSSR count).